The first-order chi connectivity index (χ1) is 8.08. The van der Waals surface area contributed by atoms with Gasteiger partial charge in [0.2, 0.25) is 0 Å². The second kappa shape index (κ2) is 4.45. The predicted molar refractivity (Wildman–Crippen MR) is 60.9 cm³/mol. The molecule has 1 aliphatic heterocycles. The summed E-state index contributed by atoms with van der Waals surface area (Å²) < 4.78 is 5.49. The van der Waals surface area contributed by atoms with Crippen LogP contribution in [0.25, 0.3) is 0 Å². The van der Waals surface area contributed by atoms with Gasteiger partial charge in [0.1, 0.15) is 5.75 Å². The molecule has 0 saturated carbocycles. The van der Waals surface area contributed by atoms with Crippen LogP contribution < -0.4 is 10.1 Å². The van der Waals surface area contributed by atoms with Crippen molar-refractivity contribution in [3.63, 3.8) is 0 Å². The summed E-state index contributed by atoms with van der Waals surface area (Å²) in [6.45, 7) is 1.56. The van der Waals surface area contributed by atoms with E-state index in [2.05, 4.69) is 5.32 Å². The molecule has 1 aromatic rings. The van der Waals surface area contributed by atoms with Crippen LogP contribution in [0.1, 0.15) is 13.3 Å². The zero-order valence-corrected chi connectivity index (χ0v) is 9.34. The summed E-state index contributed by atoms with van der Waals surface area (Å²) in [5, 5.41) is 11.5. The van der Waals surface area contributed by atoms with Crippen LogP contribution in [-0.4, -0.2) is 23.1 Å². The summed E-state index contributed by atoms with van der Waals surface area (Å²) in [6, 6.07) is 7.08. The van der Waals surface area contributed by atoms with Gasteiger partial charge < -0.3 is 15.2 Å². The number of aliphatic carboxylic acids is 1. The number of carboxylic acid groups (broad SMARTS) is 1. The number of hydrogen-bond donors (Lipinski definition) is 2. The SMILES string of the molecule is CC(CC1Oc2ccccc2NC1=O)C(=O)O. The first kappa shape index (κ1) is 11.4. The van der Waals surface area contributed by atoms with E-state index in [1.54, 1.807) is 31.2 Å². The highest BCUT2D eigenvalue weighted by molar-refractivity contribution is 5.97. The molecular formula is C12H13NO4. The molecule has 0 spiro atoms. The molecule has 5 nitrogen and oxygen atoms in total. The number of carbonyl (C=O) groups excluding carboxylic acids is 1. The third kappa shape index (κ3) is 2.38. The van der Waals surface area contributed by atoms with E-state index in [0.29, 0.717) is 11.4 Å². The third-order valence-corrected chi connectivity index (χ3v) is 2.70. The van der Waals surface area contributed by atoms with Crippen molar-refractivity contribution >= 4 is 17.6 Å². The van der Waals surface area contributed by atoms with Crippen LogP contribution in [0.4, 0.5) is 5.69 Å². The maximum atomic E-state index is 11.7. The molecule has 5 heteroatoms. The summed E-state index contributed by atoms with van der Waals surface area (Å²) in [7, 11) is 0. The van der Waals surface area contributed by atoms with Gasteiger partial charge in [-0.05, 0) is 12.1 Å². The second-order valence-electron chi connectivity index (χ2n) is 4.07. The molecule has 2 rings (SSSR count). The molecule has 0 aromatic heterocycles. The van der Waals surface area contributed by atoms with Gasteiger partial charge in [0.15, 0.2) is 6.10 Å². The zero-order chi connectivity index (χ0) is 12.4. The lowest BCUT2D eigenvalue weighted by atomic mass is 10.0. The molecule has 17 heavy (non-hydrogen) atoms. The Balaban J connectivity index is 2.12. The van der Waals surface area contributed by atoms with Crippen molar-refractivity contribution in [1.29, 1.82) is 0 Å². The van der Waals surface area contributed by atoms with E-state index in [0.717, 1.165) is 0 Å². The first-order valence-corrected chi connectivity index (χ1v) is 5.37. The largest absolute Gasteiger partial charge is 0.481 e. The maximum Gasteiger partial charge on any atom is 0.306 e. The minimum absolute atomic E-state index is 0.162. The number of para-hydroxylation sites is 2. The van der Waals surface area contributed by atoms with Crippen molar-refractivity contribution in [2.75, 3.05) is 5.32 Å². The van der Waals surface area contributed by atoms with Crippen molar-refractivity contribution in [3.05, 3.63) is 24.3 Å². The summed E-state index contributed by atoms with van der Waals surface area (Å²) in [5.74, 6) is -1.26. The number of nitrogens with one attached hydrogen (secondary N) is 1. The van der Waals surface area contributed by atoms with Gasteiger partial charge in [-0.15, -0.1) is 0 Å². The quantitative estimate of drug-likeness (QED) is 0.832. The fourth-order valence-electron chi connectivity index (χ4n) is 1.67. The van der Waals surface area contributed by atoms with Crippen LogP contribution >= 0.6 is 0 Å². The summed E-state index contributed by atoms with van der Waals surface area (Å²) in [4.78, 5) is 22.4. The Labute approximate surface area is 98.4 Å². The van der Waals surface area contributed by atoms with E-state index in [1.165, 1.54) is 0 Å². The molecule has 2 unspecified atom stereocenters. The number of carboxylic acids is 1. The Bertz CT molecular complexity index is 458. The van der Waals surface area contributed by atoms with E-state index < -0.39 is 18.0 Å². The van der Waals surface area contributed by atoms with Gasteiger partial charge in [0.05, 0.1) is 11.6 Å². The molecule has 90 valence electrons. The van der Waals surface area contributed by atoms with Crippen LogP contribution in [0.2, 0.25) is 0 Å². The van der Waals surface area contributed by atoms with Crippen LogP contribution in [0.3, 0.4) is 0 Å². The molecule has 1 aliphatic rings. The first-order valence-electron chi connectivity index (χ1n) is 5.37. The lowest BCUT2D eigenvalue weighted by molar-refractivity contribution is -0.142. The van der Waals surface area contributed by atoms with Gasteiger partial charge in [-0.1, -0.05) is 19.1 Å². The molecule has 0 fully saturated rings. The highest BCUT2D eigenvalue weighted by Gasteiger charge is 2.30. The van der Waals surface area contributed by atoms with Crippen molar-refractivity contribution < 1.29 is 19.4 Å². The maximum absolute atomic E-state index is 11.7. The molecule has 1 amide bonds. The molecule has 2 N–H and O–H groups in total. The molecule has 0 aliphatic carbocycles. The zero-order valence-electron chi connectivity index (χ0n) is 9.34. The topological polar surface area (TPSA) is 75.6 Å². The Hall–Kier alpha value is -2.04. The van der Waals surface area contributed by atoms with E-state index in [9.17, 15) is 9.59 Å². The van der Waals surface area contributed by atoms with Gasteiger partial charge >= 0.3 is 5.97 Å². The molecular weight excluding hydrogens is 222 g/mol. The molecule has 0 radical (unpaired) electrons. The summed E-state index contributed by atoms with van der Waals surface area (Å²) in [5.41, 5.74) is 0.622. The molecule has 1 heterocycles. The Kier molecular flexibility index (Phi) is 2.99. The monoisotopic (exact) mass is 235 g/mol. The van der Waals surface area contributed by atoms with Gasteiger partial charge in [-0.2, -0.15) is 0 Å². The lowest BCUT2D eigenvalue weighted by Crippen LogP contribution is -2.39. The summed E-state index contributed by atoms with van der Waals surface area (Å²) >= 11 is 0. The van der Waals surface area contributed by atoms with Crippen molar-refractivity contribution in [2.45, 2.75) is 19.4 Å². The highest BCUT2D eigenvalue weighted by atomic mass is 16.5. The smallest absolute Gasteiger partial charge is 0.306 e. The third-order valence-electron chi connectivity index (χ3n) is 2.70. The van der Waals surface area contributed by atoms with Gasteiger partial charge in [0, 0.05) is 6.42 Å². The molecule has 0 bridgehead atoms. The Morgan fingerprint density at radius 2 is 2.24 bits per heavy atom. The number of hydrogen-bond acceptors (Lipinski definition) is 3. The number of carbonyl (C=O) groups is 2. The highest BCUT2D eigenvalue weighted by Crippen LogP contribution is 2.30. The molecule has 2 atom stereocenters. The van der Waals surface area contributed by atoms with Crippen molar-refractivity contribution in [1.82, 2.24) is 0 Å². The van der Waals surface area contributed by atoms with Crippen LogP contribution in [0, 0.1) is 5.92 Å². The fraction of sp³-hybridized carbons (Fsp3) is 0.333. The van der Waals surface area contributed by atoms with Crippen molar-refractivity contribution in [2.24, 2.45) is 5.92 Å². The number of anilines is 1. The van der Waals surface area contributed by atoms with Gasteiger partial charge in [0.25, 0.3) is 5.91 Å². The Morgan fingerprint density at radius 1 is 1.53 bits per heavy atom. The van der Waals surface area contributed by atoms with Crippen LogP contribution in [-0.2, 0) is 9.59 Å². The van der Waals surface area contributed by atoms with Gasteiger partial charge in [-0.3, -0.25) is 9.59 Å². The average Bonchev–Trinajstić information content (AvgIpc) is 2.29. The predicted octanol–water partition coefficient (Wildman–Crippen LogP) is 1.50. The normalized spacial score (nSPS) is 19.8. The molecule has 0 saturated heterocycles. The minimum atomic E-state index is -0.930. The van der Waals surface area contributed by atoms with E-state index in [1.807, 2.05) is 0 Å². The number of rotatable bonds is 3. The van der Waals surface area contributed by atoms with E-state index in [-0.39, 0.29) is 12.3 Å². The minimum Gasteiger partial charge on any atom is -0.481 e. The summed E-state index contributed by atoms with van der Waals surface area (Å²) in [6.07, 6.45) is -0.578. The lowest BCUT2D eigenvalue weighted by Gasteiger charge is -2.26. The van der Waals surface area contributed by atoms with Crippen LogP contribution in [0.5, 0.6) is 5.75 Å². The van der Waals surface area contributed by atoms with E-state index >= 15 is 0 Å². The molecule has 1 aromatic carbocycles. The average molecular weight is 235 g/mol. The van der Waals surface area contributed by atoms with Crippen molar-refractivity contribution in [3.8, 4) is 5.75 Å². The fourth-order valence-corrected chi connectivity index (χ4v) is 1.67. The standard InChI is InChI=1S/C12H13NO4/c1-7(12(15)16)6-10-11(14)13-8-4-2-3-5-9(8)17-10/h2-5,7,10H,6H2,1H3,(H,13,14)(H,15,16). The number of benzene rings is 1. The second-order valence-corrected chi connectivity index (χ2v) is 4.07. The number of amides is 1. The number of fused-ring (bicyclic) bond motifs is 1. The Morgan fingerprint density at radius 3 is 2.94 bits per heavy atom. The van der Waals surface area contributed by atoms with Crippen LogP contribution in [0.15, 0.2) is 24.3 Å². The van der Waals surface area contributed by atoms with Gasteiger partial charge in [-0.25, -0.2) is 0 Å². The van der Waals surface area contributed by atoms with E-state index in [4.69, 9.17) is 9.84 Å². The number of ether oxygens (including phenoxy) is 1.